The van der Waals surface area contributed by atoms with E-state index in [0.717, 1.165) is 44.0 Å². The first-order valence-corrected chi connectivity index (χ1v) is 8.62. The normalized spacial score (nSPS) is 17.0. The van der Waals surface area contributed by atoms with Crippen molar-refractivity contribution in [3.8, 4) is 0 Å². The van der Waals surface area contributed by atoms with Crippen LogP contribution in [0.3, 0.4) is 0 Å². The predicted octanol–water partition coefficient (Wildman–Crippen LogP) is 2.61. The molecule has 2 N–H and O–H groups in total. The number of nitrogens with zero attached hydrogens (tertiary/aromatic N) is 2. The van der Waals surface area contributed by atoms with Crippen LogP contribution < -0.4 is 10.6 Å². The summed E-state index contributed by atoms with van der Waals surface area (Å²) >= 11 is 0. The van der Waals surface area contributed by atoms with E-state index in [1.165, 1.54) is 6.07 Å². The van der Waals surface area contributed by atoms with Gasteiger partial charge in [0, 0.05) is 32.1 Å². The number of rotatable bonds is 7. The van der Waals surface area contributed by atoms with Crippen LogP contribution in [0.2, 0.25) is 0 Å². The van der Waals surface area contributed by atoms with Crippen LogP contribution in [0.5, 0.6) is 0 Å². The fraction of sp³-hybridized carbons (Fsp3) is 0.632. The van der Waals surface area contributed by atoms with Crippen molar-refractivity contribution < 1.29 is 4.39 Å². The number of guanidine groups is 1. The summed E-state index contributed by atoms with van der Waals surface area (Å²) in [6, 6.07) is 6.97. The van der Waals surface area contributed by atoms with Gasteiger partial charge in [-0.3, -0.25) is 4.99 Å². The van der Waals surface area contributed by atoms with Crippen LogP contribution in [0.1, 0.15) is 32.3 Å². The van der Waals surface area contributed by atoms with E-state index < -0.39 is 0 Å². The van der Waals surface area contributed by atoms with Gasteiger partial charge < -0.3 is 15.5 Å². The van der Waals surface area contributed by atoms with Gasteiger partial charge in [0.15, 0.2) is 5.96 Å². The molecule has 4 nitrogen and oxygen atoms in total. The highest BCUT2D eigenvalue weighted by molar-refractivity contribution is 5.79. The summed E-state index contributed by atoms with van der Waals surface area (Å²) in [5.41, 5.74) is 1.29. The maximum absolute atomic E-state index is 13.5. The maximum Gasteiger partial charge on any atom is 0.191 e. The van der Waals surface area contributed by atoms with E-state index in [9.17, 15) is 4.39 Å². The summed E-state index contributed by atoms with van der Waals surface area (Å²) in [6.07, 6.45) is 2.18. The van der Waals surface area contributed by atoms with Crippen molar-refractivity contribution >= 4 is 5.96 Å². The average Bonchev–Trinajstić information content (AvgIpc) is 3.27. The van der Waals surface area contributed by atoms with Gasteiger partial charge in [0.25, 0.3) is 0 Å². The molecule has 0 amide bonds. The minimum absolute atomic E-state index is 0.0544. The first-order chi connectivity index (χ1) is 11.3. The molecule has 0 saturated heterocycles. The molecule has 1 saturated carbocycles. The van der Waals surface area contributed by atoms with E-state index in [4.69, 9.17) is 0 Å². The van der Waals surface area contributed by atoms with Gasteiger partial charge in [0.2, 0.25) is 0 Å². The van der Waals surface area contributed by atoms with E-state index >= 15 is 0 Å². The zero-order chi connectivity index (χ0) is 17.8. The fourth-order valence-corrected chi connectivity index (χ4v) is 3.25. The first kappa shape index (κ1) is 18.7. The van der Waals surface area contributed by atoms with Crippen molar-refractivity contribution in [1.29, 1.82) is 0 Å². The second-order valence-electron chi connectivity index (χ2n) is 7.97. The Morgan fingerprint density at radius 2 is 2.00 bits per heavy atom. The summed E-state index contributed by atoms with van der Waals surface area (Å²) < 4.78 is 13.5. The predicted molar refractivity (Wildman–Crippen MR) is 99.0 cm³/mol. The Labute approximate surface area is 145 Å². The van der Waals surface area contributed by atoms with Gasteiger partial charge in [-0.05, 0) is 50.0 Å². The van der Waals surface area contributed by atoms with Crippen LogP contribution >= 0.6 is 0 Å². The highest BCUT2D eigenvalue weighted by Gasteiger charge is 2.44. The molecule has 0 radical (unpaired) electrons. The molecule has 0 unspecified atom stereocenters. The minimum Gasteiger partial charge on any atom is -0.356 e. The highest BCUT2D eigenvalue weighted by Crippen LogP contribution is 2.47. The lowest BCUT2D eigenvalue weighted by atomic mass is 9.93. The van der Waals surface area contributed by atoms with Gasteiger partial charge in [-0.2, -0.15) is 0 Å². The Bertz CT molecular complexity index is 576. The molecular weight excluding hydrogens is 303 g/mol. The molecular formula is C19H31FN4. The third kappa shape index (κ3) is 5.20. The minimum atomic E-state index is -0.160. The Morgan fingerprint density at radius 3 is 2.54 bits per heavy atom. The lowest BCUT2D eigenvalue weighted by molar-refractivity contribution is 0.241. The van der Waals surface area contributed by atoms with Gasteiger partial charge in [0.05, 0.1) is 0 Å². The summed E-state index contributed by atoms with van der Waals surface area (Å²) in [5.74, 6) is 0.649. The van der Waals surface area contributed by atoms with Gasteiger partial charge in [-0.25, -0.2) is 4.39 Å². The van der Waals surface area contributed by atoms with Crippen LogP contribution in [0.4, 0.5) is 4.39 Å². The zero-order valence-corrected chi connectivity index (χ0v) is 15.6. The Kier molecular flexibility index (Phi) is 5.86. The molecule has 0 aromatic heterocycles. The second kappa shape index (κ2) is 7.51. The van der Waals surface area contributed by atoms with Gasteiger partial charge in [0.1, 0.15) is 5.82 Å². The lowest BCUT2D eigenvalue weighted by Gasteiger charge is -2.29. The third-order valence-corrected chi connectivity index (χ3v) is 4.59. The molecule has 0 spiro atoms. The van der Waals surface area contributed by atoms with E-state index in [-0.39, 0.29) is 16.6 Å². The Balaban J connectivity index is 1.88. The number of aliphatic imine (C=N–C) groups is 1. The maximum atomic E-state index is 13.5. The highest BCUT2D eigenvalue weighted by atomic mass is 19.1. The zero-order valence-electron chi connectivity index (χ0n) is 15.6. The molecule has 24 heavy (non-hydrogen) atoms. The van der Waals surface area contributed by atoms with Gasteiger partial charge >= 0.3 is 0 Å². The van der Waals surface area contributed by atoms with E-state index in [2.05, 4.69) is 48.5 Å². The number of halogens is 1. The van der Waals surface area contributed by atoms with E-state index in [1.54, 1.807) is 19.2 Å². The van der Waals surface area contributed by atoms with Crippen molar-refractivity contribution in [2.75, 3.05) is 40.8 Å². The van der Waals surface area contributed by atoms with Crippen molar-refractivity contribution in [3.63, 3.8) is 0 Å². The Hall–Kier alpha value is -1.62. The number of nitrogens with one attached hydrogen (secondary N) is 2. The standard InChI is InChI=1S/C19H31FN4/c1-18(2,14-24(4)5)12-22-17(21-3)23-13-19(9-10-19)15-7-6-8-16(20)11-15/h6-8,11H,9-10,12-14H2,1-5H3,(H2,21,22,23). The van der Waals surface area contributed by atoms with Gasteiger partial charge in [-0.15, -0.1) is 0 Å². The molecule has 1 aliphatic carbocycles. The van der Waals surface area contributed by atoms with Crippen LogP contribution in [-0.4, -0.2) is 51.6 Å². The summed E-state index contributed by atoms with van der Waals surface area (Å²) in [6.45, 7) is 7.11. The van der Waals surface area contributed by atoms with Gasteiger partial charge in [-0.1, -0.05) is 26.0 Å². The average molecular weight is 334 g/mol. The smallest absolute Gasteiger partial charge is 0.191 e. The second-order valence-corrected chi connectivity index (χ2v) is 7.97. The number of hydrogen-bond acceptors (Lipinski definition) is 2. The van der Waals surface area contributed by atoms with Crippen LogP contribution in [0, 0.1) is 11.2 Å². The third-order valence-electron chi connectivity index (χ3n) is 4.59. The van der Waals surface area contributed by atoms with Crippen LogP contribution in [0.15, 0.2) is 29.3 Å². The SMILES string of the molecule is CN=C(NCC(C)(C)CN(C)C)NCC1(c2cccc(F)c2)CC1. The molecule has 1 aliphatic rings. The molecule has 0 heterocycles. The van der Waals surface area contributed by atoms with E-state index in [1.807, 2.05) is 6.07 Å². The molecule has 1 aromatic rings. The molecule has 2 rings (SSSR count). The lowest BCUT2D eigenvalue weighted by Crippen LogP contribution is -2.46. The largest absolute Gasteiger partial charge is 0.356 e. The van der Waals surface area contributed by atoms with Crippen molar-refractivity contribution in [3.05, 3.63) is 35.6 Å². The summed E-state index contributed by atoms with van der Waals surface area (Å²) in [5, 5.41) is 6.84. The monoisotopic (exact) mass is 334 g/mol. The summed E-state index contributed by atoms with van der Waals surface area (Å²) in [7, 11) is 5.96. The quantitative estimate of drug-likeness (QED) is 0.595. The molecule has 0 bridgehead atoms. The number of benzene rings is 1. The van der Waals surface area contributed by atoms with E-state index in [0.29, 0.717) is 0 Å². The van der Waals surface area contributed by atoms with Crippen molar-refractivity contribution in [2.45, 2.75) is 32.1 Å². The fourth-order valence-electron chi connectivity index (χ4n) is 3.25. The van der Waals surface area contributed by atoms with Crippen molar-refractivity contribution in [2.24, 2.45) is 10.4 Å². The summed E-state index contributed by atoms with van der Waals surface area (Å²) in [4.78, 5) is 6.51. The van der Waals surface area contributed by atoms with Crippen molar-refractivity contribution in [1.82, 2.24) is 15.5 Å². The molecule has 134 valence electrons. The van der Waals surface area contributed by atoms with Crippen LogP contribution in [-0.2, 0) is 5.41 Å². The number of hydrogen-bond donors (Lipinski definition) is 2. The topological polar surface area (TPSA) is 39.7 Å². The molecule has 0 atom stereocenters. The molecule has 1 fully saturated rings. The molecule has 5 heteroatoms. The first-order valence-electron chi connectivity index (χ1n) is 8.62. The van der Waals surface area contributed by atoms with Crippen LogP contribution in [0.25, 0.3) is 0 Å². The Morgan fingerprint density at radius 1 is 1.29 bits per heavy atom. The molecule has 0 aliphatic heterocycles. The molecule has 1 aromatic carbocycles.